The fourth-order valence-corrected chi connectivity index (χ4v) is 3.80. The van der Waals surface area contributed by atoms with E-state index in [2.05, 4.69) is 47.3 Å². The summed E-state index contributed by atoms with van der Waals surface area (Å²) in [7, 11) is 1.69. The Morgan fingerprint density at radius 2 is 1.97 bits per heavy atom. The number of nitrogens with one attached hydrogen (secondary N) is 1. The van der Waals surface area contributed by atoms with Crippen LogP contribution in [-0.2, 0) is 11.3 Å². The lowest BCUT2D eigenvalue weighted by atomic mass is 10.1. The first kappa shape index (κ1) is 19.8. The summed E-state index contributed by atoms with van der Waals surface area (Å²) in [6.45, 7) is 9.32. The van der Waals surface area contributed by atoms with Crippen LogP contribution >= 0.6 is 0 Å². The number of morpholine rings is 1. The average Bonchev–Trinajstić information content (AvgIpc) is 3.25. The first-order chi connectivity index (χ1) is 14.1. The first-order valence-electron chi connectivity index (χ1n) is 10.4. The van der Waals surface area contributed by atoms with Gasteiger partial charge in [0.05, 0.1) is 26.9 Å². The van der Waals surface area contributed by atoms with Crippen LogP contribution in [-0.4, -0.2) is 73.9 Å². The Kier molecular flexibility index (Phi) is 6.04. The third kappa shape index (κ3) is 4.56. The number of aliphatic imine (C=N–C) groups is 2. The summed E-state index contributed by atoms with van der Waals surface area (Å²) in [5, 5.41) is 3.62. The second-order valence-corrected chi connectivity index (χ2v) is 8.05. The van der Waals surface area contributed by atoms with Gasteiger partial charge in [0.25, 0.3) is 0 Å². The molecule has 1 aromatic carbocycles. The SMILES string of the molecule is COc1ccc(CN2C=C(N3CCOCC3)N=CC2C2=NCC(C(C)C)N2)cc1. The highest BCUT2D eigenvalue weighted by atomic mass is 16.5. The number of rotatable bonds is 6. The van der Waals surface area contributed by atoms with Crippen molar-refractivity contribution in [2.24, 2.45) is 15.9 Å². The van der Waals surface area contributed by atoms with Gasteiger partial charge in [0.15, 0.2) is 0 Å². The molecule has 2 atom stereocenters. The molecule has 0 amide bonds. The number of ether oxygens (including phenoxy) is 2. The van der Waals surface area contributed by atoms with E-state index >= 15 is 0 Å². The number of amidine groups is 1. The zero-order valence-corrected chi connectivity index (χ0v) is 17.5. The molecule has 0 saturated carbocycles. The third-order valence-electron chi connectivity index (χ3n) is 5.72. The molecule has 4 rings (SSSR count). The third-order valence-corrected chi connectivity index (χ3v) is 5.72. The van der Waals surface area contributed by atoms with E-state index in [1.807, 2.05) is 18.3 Å². The lowest BCUT2D eigenvalue weighted by molar-refractivity contribution is 0.0518. The molecule has 7 heteroatoms. The predicted octanol–water partition coefficient (Wildman–Crippen LogP) is 2.11. The highest BCUT2D eigenvalue weighted by Gasteiger charge is 2.31. The molecule has 156 valence electrons. The van der Waals surface area contributed by atoms with Gasteiger partial charge < -0.3 is 24.6 Å². The van der Waals surface area contributed by atoms with Gasteiger partial charge in [-0.25, -0.2) is 4.99 Å². The monoisotopic (exact) mass is 397 g/mol. The minimum absolute atomic E-state index is 0.0191. The molecule has 1 N–H and O–H groups in total. The Labute approximate surface area is 173 Å². The van der Waals surface area contributed by atoms with Gasteiger partial charge in [-0.15, -0.1) is 0 Å². The standard InChI is InChI=1S/C22H31N5O2/c1-16(2)19-12-24-22(25-19)20-13-23-21(26-8-10-29-11-9-26)15-27(20)14-17-4-6-18(28-3)7-5-17/h4-7,13,15-16,19-20H,8-12,14H2,1-3H3,(H,24,25). The summed E-state index contributed by atoms with van der Waals surface area (Å²) in [5.41, 5.74) is 1.22. The van der Waals surface area contributed by atoms with E-state index < -0.39 is 0 Å². The lowest BCUT2D eigenvalue weighted by Crippen LogP contribution is -2.49. The summed E-state index contributed by atoms with van der Waals surface area (Å²) in [6.07, 6.45) is 4.20. The number of benzene rings is 1. The normalized spacial score (nSPS) is 24.4. The van der Waals surface area contributed by atoms with Gasteiger partial charge in [-0.1, -0.05) is 26.0 Å². The van der Waals surface area contributed by atoms with E-state index in [1.54, 1.807) is 7.11 Å². The van der Waals surface area contributed by atoms with Gasteiger partial charge in [-0.3, -0.25) is 4.99 Å². The number of nitrogens with zero attached hydrogens (tertiary/aromatic N) is 4. The summed E-state index contributed by atoms with van der Waals surface area (Å²) in [5.74, 6) is 3.43. The lowest BCUT2D eigenvalue weighted by Gasteiger charge is -2.36. The molecule has 3 aliphatic heterocycles. The topological polar surface area (TPSA) is 61.7 Å². The van der Waals surface area contributed by atoms with E-state index in [9.17, 15) is 0 Å². The maximum atomic E-state index is 5.50. The molecule has 0 spiro atoms. The summed E-state index contributed by atoms with van der Waals surface area (Å²) in [6, 6.07) is 8.66. The number of hydrogen-bond acceptors (Lipinski definition) is 7. The van der Waals surface area contributed by atoms with Crippen molar-refractivity contribution < 1.29 is 9.47 Å². The molecular weight excluding hydrogens is 366 g/mol. The average molecular weight is 398 g/mol. The van der Waals surface area contributed by atoms with Crippen molar-refractivity contribution in [2.45, 2.75) is 32.5 Å². The molecule has 1 saturated heterocycles. The van der Waals surface area contributed by atoms with Gasteiger partial charge >= 0.3 is 0 Å². The fraction of sp³-hybridized carbons (Fsp3) is 0.545. The molecule has 3 aliphatic rings. The van der Waals surface area contributed by atoms with E-state index in [0.29, 0.717) is 12.0 Å². The molecule has 2 unspecified atom stereocenters. The summed E-state index contributed by atoms with van der Waals surface area (Å²) in [4.78, 5) is 14.2. The number of methoxy groups -OCH3 is 1. The van der Waals surface area contributed by atoms with Crippen molar-refractivity contribution in [1.29, 1.82) is 0 Å². The molecule has 1 aromatic rings. The van der Waals surface area contributed by atoms with Crippen molar-refractivity contribution in [1.82, 2.24) is 15.1 Å². The second kappa shape index (κ2) is 8.86. The van der Waals surface area contributed by atoms with Crippen molar-refractivity contribution in [3.05, 3.63) is 41.8 Å². The Bertz CT molecular complexity index is 781. The fourth-order valence-electron chi connectivity index (χ4n) is 3.80. The van der Waals surface area contributed by atoms with E-state index in [4.69, 9.17) is 19.5 Å². The van der Waals surface area contributed by atoms with Crippen LogP contribution in [0.4, 0.5) is 0 Å². The van der Waals surface area contributed by atoms with Crippen molar-refractivity contribution in [3.63, 3.8) is 0 Å². The van der Waals surface area contributed by atoms with Crippen molar-refractivity contribution in [2.75, 3.05) is 40.0 Å². The van der Waals surface area contributed by atoms with Gasteiger partial charge in [0.1, 0.15) is 23.4 Å². The Morgan fingerprint density at radius 1 is 1.21 bits per heavy atom. The highest BCUT2D eigenvalue weighted by Crippen LogP contribution is 2.22. The van der Waals surface area contributed by atoms with Crippen molar-refractivity contribution in [3.8, 4) is 5.75 Å². The Morgan fingerprint density at radius 3 is 2.62 bits per heavy atom. The molecule has 7 nitrogen and oxygen atoms in total. The number of hydrogen-bond donors (Lipinski definition) is 1. The second-order valence-electron chi connectivity index (χ2n) is 8.05. The highest BCUT2D eigenvalue weighted by molar-refractivity contribution is 6.02. The molecule has 0 radical (unpaired) electrons. The quantitative estimate of drug-likeness (QED) is 0.797. The van der Waals surface area contributed by atoms with Crippen LogP contribution in [0.2, 0.25) is 0 Å². The van der Waals surface area contributed by atoms with Crippen LogP contribution in [0.15, 0.2) is 46.3 Å². The predicted molar refractivity (Wildman–Crippen MR) is 115 cm³/mol. The Hall–Kier alpha value is -2.54. The molecule has 0 aliphatic carbocycles. The maximum Gasteiger partial charge on any atom is 0.144 e. The van der Waals surface area contributed by atoms with Crippen molar-refractivity contribution >= 4 is 12.1 Å². The Balaban J connectivity index is 1.55. The zero-order chi connectivity index (χ0) is 20.2. The van der Waals surface area contributed by atoms with Crippen LogP contribution in [0, 0.1) is 5.92 Å². The van der Waals surface area contributed by atoms with Crippen LogP contribution < -0.4 is 10.1 Å². The molecule has 1 fully saturated rings. The minimum Gasteiger partial charge on any atom is -0.497 e. The molecular formula is C22H31N5O2. The first-order valence-corrected chi connectivity index (χ1v) is 10.4. The molecule has 29 heavy (non-hydrogen) atoms. The molecule has 0 bridgehead atoms. The zero-order valence-electron chi connectivity index (χ0n) is 17.5. The van der Waals surface area contributed by atoms with Gasteiger partial charge in [-0.2, -0.15) is 0 Å². The van der Waals surface area contributed by atoms with Gasteiger partial charge in [-0.05, 0) is 23.6 Å². The van der Waals surface area contributed by atoms with E-state index in [1.165, 1.54) is 5.56 Å². The smallest absolute Gasteiger partial charge is 0.144 e. The summed E-state index contributed by atoms with van der Waals surface area (Å²) < 4.78 is 10.8. The van der Waals surface area contributed by atoms with Crippen LogP contribution in [0.1, 0.15) is 19.4 Å². The largest absolute Gasteiger partial charge is 0.497 e. The summed E-state index contributed by atoms with van der Waals surface area (Å²) >= 11 is 0. The maximum absolute atomic E-state index is 5.50. The van der Waals surface area contributed by atoms with Crippen LogP contribution in [0.5, 0.6) is 5.75 Å². The molecule has 3 heterocycles. The van der Waals surface area contributed by atoms with Gasteiger partial charge in [0, 0.05) is 38.1 Å². The van der Waals surface area contributed by atoms with Crippen LogP contribution in [0.25, 0.3) is 0 Å². The van der Waals surface area contributed by atoms with E-state index in [-0.39, 0.29) is 6.04 Å². The van der Waals surface area contributed by atoms with Gasteiger partial charge in [0.2, 0.25) is 0 Å². The van der Waals surface area contributed by atoms with Crippen LogP contribution in [0.3, 0.4) is 0 Å². The van der Waals surface area contributed by atoms with E-state index in [0.717, 1.165) is 56.8 Å². The minimum atomic E-state index is 0.0191. The molecule has 0 aromatic heterocycles.